The van der Waals surface area contributed by atoms with Crippen LogP contribution < -0.4 is 10.6 Å². The predicted molar refractivity (Wildman–Crippen MR) is 135 cm³/mol. The number of hydrogen-bond acceptors (Lipinski definition) is 4. The van der Waals surface area contributed by atoms with Crippen LogP contribution in [0, 0.1) is 0 Å². The number of aromatic carboxylic acids is 1. The van der Waals surface area contributed by atoms with E-state index in [-0.39, 0.29) is 30.6 Å². The Hall–Kier alpha value is -3.97. The second-order valence-electron chi connectivity index (χ2n) is 8.15. The molecule has 2 amide bonds. The van der Waals surface area contributed by atoms with Crippen molar-refractivity contribution in [2.24, 2.45) is 0 Å². The van der Waals surface area contributed by atoms with Gasteiger partial charge in [0.25, 0.3) is 0 Å². The first-order chi connectivity index (χ1) is 17.0. The Morgan fingerprint density at radius 1 is 0.771 bits per heavy atom. The standard InChI is InChI=1S/C28H30N2O5/c31-26(30-25-11-7-10-24(18-25)22-8-3-1-4-9-22)12-5-2-6-17-29-27(32)20-35-19-21-13-15-23(16-14-21)28(33)34/h1,3-4,7-11,13-16,18H,2,5-6,12,17,19-20H2,(H,29,32)(H,30,31)(H,33,34). The fourth-order valence-electron chi connectivity index (χ4n) is 3.50. The number of carbonyl (C=O) groups is 3. The van der Waals surface area contributed by atoms with Crippen LogP contribution in [0.1, 0.15) is 41.6 Å². The predicted octanol–water partition coefficient (Wildman–Crippen LogP) is 4.88. The van der Waals surface area contributed by atoms with Gasteiger partial charge >= 0.3 is 5.97 Å². The normalized spacial score (nSPS) is 10.5. The molecule has 3 rings (SSSR count). The molecule has 0 spiro atoms. The molecule has 3 N–H and O–H groups in total. The summed E-state index contributed by atoms with van der Waals surface area (Å²) in [4.78, 5) is 35.0. The summed E-state index contributed by atoms with van der Waals surface area (Å²) in [6.45, 7) is 0.693. The first kappa shape index (κ1) is 25.6. The fourth-order valence-corrected chi connectivity index (χ4v) is 3.50. The molecule has 35 heavy (non-hydrogen) atoms. The van der Waals surface area contributed by atoms with Gasteiger partial charge in [0.2, 0.25) is 11.8 Å². The molecule has 7 heteroatoms. The Morgan fingerprint density at radius 2 is 1.51 bits per heavy atom. The highest BCUT2D eigenvalue weighted by atomic mass is 16.5. The first-order valence-corrected chi connectivity index (χ1v) is 11.6. The summed E-state index contributed by atoms with van der Waals surface area (Å²) in [6, 6.07) is 24.1. The van der Waals surface area contributed by atoms with E-state index in [0.29, 0.717) is 13.0 Å². The fraction of sp³-hybridized carbons (Fsp3) is 0.250. The van der Waals surface area contributed by atoms with Gasteiger partial charge in [-0.1, -0.05) is 61.0 Å². The van der Waals surface area contributed by atoms with Gasteiger partial charge in [-0.2, -0.15) is 0 Å². The van der Waals surface area contributed by atoms with Crippen molar-refractivity contribution < 1.29 is 24.2 Å². The third-order valence-electron chi connectivity index (χ3n) is 5.36. The lowest BCUT2D eigenvalue weighted by molar-refractivity contribution is -0.126. The van der Waals surface area contributed by atoms with E-state index in [1.54, 1.807) is 12.1 Å². The molecule has 7 nitrogen and oxygen atoms in total. The van der Waals surface area contributed by atoms with E-state index in [1.165, 1.54) is 12.1 Å². The maximum Gasteiger partial charge on any atom is 0.335 e. The number of benzene rings is 3. The van der Waals surface area contributed by atoms with Crippen LogP contribution >= 0.6 is 0 Å². The van der Waals surface area contributed by atoms with Crippen molar-refractivity contribution in [1.82, 2.24) is 5.32 Å². The summed E-state index contributed by atoms with van der Waals surface area (Å²) in [6.07, 6.45) is 2.77. The van der Waals surface area contributed by atoms with Crippen LogP contribution in [0.4, 0.5) is 5.69 Å². The lowest BCUT2D eigenvalue weighted by Crippen LogP contribution is -2.28. The minimum Gasteiger partial charge on any atom is -0.478 e. The Morgan fingerprint density at radius 3 is 2.26 bits per heavy atom. The van der Waals surface area contributed by atoms with Crippen LogP contribution in [0.2, 0.25) is 0 Å². The molecular formula is C28H30N2O5. The van der Waals surface area contributed by atoms with Gasteiger partial charge in [0, 0.05) is 18.7 Å². The zero-order valence-corrected chi connectivity index (χ0v) is 19.5. The van der Waals surface area contributed by atoms with Crippen molar-refractivity contribution >= 4 is 23.5 Å². The van der Waals surface area contributed by atoms with Crippen molar-refractivity contribution in [2.75, 3.05) is 18.5 Å². The van der Waals surface area contributed by atoms with Gasteiger partial charge in [0.15, 0.2) is 0 Å². The number of ether oxygens (including phenoxy) is 1. The summed E-state index contributed by atoms with van der Waals surface area (Å²) >= 11 is 0. The monoisotopic (exact) mass is 474 g/mol. The van der Waals surface area contributed by atoms with Crippen molar-refractivity contribution in [2.45, 2.75) is 32.3 Å². The Kier molecular flexibility index (Phi) is 10.0. The van der Waals surface area contributed by atoms with Crippen molar-refractivity contribution in [3.63, 3.8) is 0 Å². The molecule has 3 aromatic carbocycles. The molecule has 182 valence electrons. The number of rotatable bonds is 13. The van der Waals surface area contributed by atoms with Gasteiger partial charge in [-0.25, -0.2) is 4.79 Å². The summed E-state index contributed by atoms with van der Waals surface area (Å²) in [7, 11) is 0. The Labute approximate surface area is 205 Å². The molecule has 0 aliphatic rings. The third-order valence-corrected chi connectivity index (χ3v) is 5.36. The smallest absolute Gasteiger partial charge is 0.335 e. The maximum atomic E-state index is 12.3. The van der Waals surface area contributed by atoms with E-state index < -0.39 is 5.97 Å². The number of anilines is 1. The highest BCUT2D eigenvalue weighted by Gasteiger charge is 2.06. The zero-order chi connectivity index (χ0) is 24.9. The molecule has 0 bridgehead atoms. The number of unbranched alkanes of at least 4 members (excludes halogenated alkanes) is 2. The average molecular weight is 475 g/mol. The molecule has 0 saturated heterocycles. The minimum absolute atomic E-state index is 0.0240. The van der Waals surface area contributed by atoms with Crippen LogP contribution in [-0.4, -0.2) is 36.0 Å². The number of amides is 2. The van der Waals surface area contributed by atoms with Crippen LogP contribution in [0.5, 0.6) is 0 Å². The SMILES string of the molecule is O=C(COCc1ccc(C(=O)O)cc1)NCCCCCC(=O)Nc1cccc(-c2ccccc2)c1. The topological polar surface area (TPSA) is 105 Å². The second-order valence-corrected chi connectivity index (χ2v) is 8.15. The average Bonchev–Trinajstić information content (AvgIpc) is 2.87. The molecular weight excluding hydrogens is 444 g/mol. The van der Waals surface area contributed by atoms with Gasteiger partial charge in [-0.05, 0) is 53.8 Å². The van der Waals surface area contributed by atoms with Crippen molar-refractivity contribution in [3.05, 3.63) is 90.0 Å². The van der Waals surface area contributed by atoms with Gasteiger partial charge in [0.1, 0.15) is 6.61 Å². The van der Waals surface area contributed by atoms with E-state index in [2.05, 4.69) is 10.6 Å². The number of carbonyl (C=O) groups excluding carboxylic acids is 2. The molecule has 3 aromatic rings. The van der Waals surface area contributed by atoms with Crippen LogP contribution in [0.15, 0.2) is 78.9 Å². The van der Waals surface area contributed by atoms with Gasteiger partial charge in [0.05, 0.1) is 12.2 Å². The van der Waals surface area contributed by atoms with E-state index in [9.17, 15) is 14.4 Å². The summed E-state index contributed by atoms with van der Waals surface area (Å²) in [5.41, 5.74) is 3.94. The number of carboxylic acids is 1. The van der Waals surface area contributed by atoms with Gasteiger partial charge in [-0.3, -0.25) is 9.59 Å². The van der Waals surface area contributed by atoms with E-state index >= 15 is 0 Å². The quantitative estimate of drug-likeness (QED) is 0.306. The van der Waals surface area contributed by atoms with Crippen LogP contribution in [-0.2, 0) is 20.9 Å². The molecule has 0 fully saturated rings. The maximum absolute atomic E-state index is 12.3. The molecule has 0 aliphatic carbocycles. The van der Waals surface area contributed by atoms with Gasteiger partial charge < -0.3 is 20.5 Å². The van der Waals surface area contributed by atoms with Crippen molar-refractivity contribution in [1.29, 1.82) is 0 Å². The molecule has 0 saturated carbocycles. The van der Waals surface area contributed by atoms with E-state index in [4.69, 9.17) is 9.84 Å². The third kappa shape index (κ3) is 9.06. The summed E-state index contributed by atoms with van der Waals surface area (Å²) in [5, 5.41) is 14.6. The minimum atomic E-state index is -0.980. The number of hydrogen-bond donors (Lipinski definition) is 3. The molecule has 0 unspecified atom stereocenters. The van der Waals surface area contributed by atoms with Gasteiger partial charge in [-0.15, -0.1) is 0 Å². The van der Waals surface area contributed by atoms with E-state index in [0.717, 1.165) is 41.6 Å². The van der Waals surface area contributed by atoms with Crippen LogP contribution in [0.25, 0.3) is 11.1 Å². The summed E-state index contributed by atoms with van der Waals surface area (Å²) in [5.74, 6) is -1.21. The Bertz CT molecular complexity index is 1110. The molecule has 0 heterocycles. The molecule has 0 aromatic heterocycles. The lowest BCUT2D eigenvalue weighted by atomic mass is 10.1. The largest absolute Gasteiger partial charge is 0.478 e. The zero-order valence-electron chi connectivity index (χ0n) is 19.5. The molecule has 0 aliphatic heterocycles. The highest BCUT2D eigenvalue weighted by Crippen LogP contribution is 2.22. The van der Waals surface area contributed by atoms with Crippen molar-refractivity contribution in [3.8, 4) is 11.1 Å². The first-order valence-electron chi connectivity index (χ1n) is 11.6. The number of nitrogens with one attached hydrogen (secondary N) is 2. The Balaban J connectivity index is 1.24. The van der Waals surface area contributed by atoms with E-state index in [1.807, 2.05) is 54.6 Å². The highest BCUT2D eigenvalue weighted by molar-refractivity contribution is 5.91. The molecule has 0 atom stereocenters. The number of carboxylic acid groups (broad SMARTS) is 1. The van der Waals surface area contributed by atoms with Crippen LogP contribution in [0.3, 0.4) is 0 Å². The second kappa shape index (κ2) is 13.7. The molecule has 0 radical (unpaired) electrons. The lowest BCUT2D eigenvalue weighted by Gasteiger charge is -2.08. The summed E-state index contributed by atoms with van der Waals surface area (Å²) < 4.78 is 5.37.